The largest absolute Gasteiger partial charge is 0.338 e. The molecule has 4 rings (SSSR count). The molecule has 0 radical (unpaired) electrons. The van der Waals surface area contributed by atoms with Gasteiger partial charge in [-0.1, -0.05) is 38.8 Å². The summed E-state index contributed by atoms with van der Waals surface area (Å²) in [5.74, 6) is 1.49. The normalized spacial score (nSPS) is 14.2. The van der Waals surface area contributed by atoms with Gasteiger partial charge in [0.15, 0.2) is 0 Å². The lowest BCUT2D eigenvalue weighted by atomic mass is 10.3. The topological polar surface area (TPSA) is 93.3 Å². The summed E-state index contributed by atoms with van der Waals surface area (Å²) in [4.78, 5) is 18.4. The summed E-state index contributed by atoms with van der Waals surface area (Å²) in [5.41, 5.74) is 14.2. The van der Waals surface area contributed by atoms with Crippen LogP contribution in [0.3, 0.4) is 0 Å². The minimum atomic E-state index is 0.427. The van der Waals surface area contributed by atoms with Crippen LogP contribution in [-0.2, 0) is 0 Å². The van der Waals surface area contributed by atoms with E-state index in [1.165, 1.54) is 0 Å². The second kappa shape index (κ2) is 10.8. The quantitative estimate of drug-likeness (QED) is 0.298. The Balaban J connectivity index is 1.50. The Bertz CT molecular complexity index is 939. The highest BCUT2D eigenvalue weighted by atomic mass is 79.9. The smallest absolute Gasteiger partial charge is 0.248 e. The number of hydrogen-bond donors (Lipinski definition) is 4. The van der Waals surface area contributed by atoms with Crippen molar-refractivity contribution in [3.05, 3.63) is 57.5 Å². The lowest BCUT2D eigenvalue weighted by Gasteiger charge is -2.34. The average molecular weight is 563 g/mol. The maximum atomic E-state index is 4.64. The molecular weight excluding hydrogens is 538 g/mol. The van der Waals surface area contributed by atoms with Gasteiger partial charge in [0.2, 0.25) is 17.8 Å². The SMILES string of the molecule is CCN1CCN(c2nc(NNc3ccc(Br)cc3)nc(NNc3ccc(Br)cc3)n2)CC1. The number of rotatable bonds is 8. The van der Waals surface area contributed by atoms with Crippen LogP contribution in [0.1, 0.15) is 6.92 Å². The molecule has 2 heterocycles. The second-order valence-corrected chi connectivity index (χ2v) is 9.05. The fraction of sp³-hybridized carbons (Fsp3) is 0.286. The van der Waals surface area contributed by atoms with Crippen molar-refractivity contribution >= 4 is 61.1 Å². The van der Waals surface area contributed by atoms with Gasteiger partial charge in [0.05, 0.1) is 11.4 Å². The van der Waals surface area contributed by atoms with Gasteiger partial charge in [0, 0.05) is 35.1 Å². The molecule has 32 heavy (non-hydrogen) atoms. The highest BCUT2D eigenvalue weighted by Gasteiger charge is 2.19. The van der Waals surface area contributed by atoms with Crippen LogP contribution >= 0.6 is 31.9 Å². The van der Waals surface area contributed by atoms with E-state index in [1.807, 2.05) is 48.5 Å². The zero-order valence-electron chi connectivity index (χ0n) is 17.6. The van der Waals surface area contributed by atoms with E-state index in [2.05, 4.69) is 85.2 Å². The first-order valence-electron chi connectivity index (χ1n) is 10.4. The molecule has 0 saturated carbocycles. The Kier molecular flexibility index (Phi) is 7.61. The summed E-state index contributed by atoms with van der Waals surface area (Å²) in [5, 5.41) is 0. The molecule has 1 aliphatic rings. The van der Waals surface area contributed by atoms with E-state index in [-0.39, 0.29) is 0 Å². The van der Waals surface area contributed by atoms with Crippen molar-refractivity contribution in [1.82, 2.24) is 19.9 Å². The van der Waals surface area contributed by atoms with E-state index >= 15 is 0 Å². The highest BCUT2D eigenvalue weighted by molar-refractivity contribution is 9.10. The molecule has 0 unspecified atom stereocenters. The van der Waals surface area contributed by atoms with Gasteiger partial charge in [0.1, 0.15) is 0 Å². The molecule has 0 atom stereocenters. The average Bonchev–Trinajstić information content (AvgIpc) is 2.83. The van der Waals surface area contributed by atoms with Gasteiger partial charge in [-0.05, 0) is 55.1 Å². The lowest BCUT2D eigenvalue weighted by Crippen LogP contribution is -2.46. The molecule has 0 aliphatic carbocycles. The number of hydrazine groups is 2. The van der Waals surface area contributed by atoms with Crippen molar-refractivity contribution in [2.75, 3.05) is 59.3 Å². The Morgan fingerprint density at radius 3 is 1.59 bits per heavy atom. The predicted molar refractivity (Wildman–Crippen MR) is 137 cm³/mol. The lowest BCUT2D eigenvalue weighted by molar-refractivity contribution is 0.270. The van der Waals surface area contributed by atoms with Crippen molar-refractivity contribution in [3.63, 3.8) is 0 Å². The summed E-state index contributed by atoms with van der Waals surface area (Å²) < 4.78 is 2.03. The molecule has 1 fully saturated rings. The Morgan fingerprint density at radius 1 is 0.688 bits per heavy atom. The van der Waals surface area contributed by atoms with E-state index in [0.29, 0.717) is 17.8 Å². The van der Waals surface area contributed by atoms with Crippen molar-refractivity contribution in [3.8, 4) is 0 Å². The summed E-state index contributed by atoms with van der Waals surface area (Å²) in [6.45, 7) is 6.96. The number of nitrogens with one attached hydrogen (secondary N) is 4. The zero-order chi connectivity index (χ0) is 22.3. The summed E-state index contributed by atoms with van der Waals surface area (Å²) in [6, 6.07) is 15.7. The van der Waals surface area contributed by atoms with Gasteiger partial charge in [-0.3, -0.25) is 21.7 Å². The monoisotopic (exact) mass is 561 g/mol. The number of anilines is 5. The van der Waals surface area contributed by atoms with Crippen molar-refractivity contribution in [2.45, 2.75) is 6.92 Å². The minimum absolute atomic E-state index is 0.427. The van der Waals surface area contributed by atoms with Gasteiger partial charge >= 0.3 is 0 Å². The number of piperazine rings is 1. The Morgan fingerprint density at radius 2 is 1.16 bits per heavy atom. The molecule has 1 saturated heterocycles. The van der Waals surface area contributed by atoms with Crippen LogP contribution in [0.4, 0.5) is 29.2 Å². The maximum Gasteiger partial charge on any atom is 0.248 e. The number of halogens is 2. The van der Waals surface area contributed by atoms with Crippen molar-refractivity contribution in [2.24, 2.45) is 0 Å². The van der Waals surface area contributed by atoms with Crippen LogP contribution in [0.5, 0.6) is 0 Å². The molecular formula is C21H25Br2N9. The van der Waals surface area contributed by atoms with Gasteiger partial charge in [-0.25, -0.2) is 0 Å². The van der Waals surface area contributed by atoms with Crippen molar-refractivity contribution in [1.29, 1.82) is 0 Å². The molecule has 1 aliphatic heterocycles. The molecule has 3 aromatic rings. The van der Waals surface area contributed by atoms with E-state index in [9.17, 15) is 0 Å². The van der Waals surface area contributed by atoms with Crippen LogP contribution in [0.15, 0.2) is 57.5 Å². The fourth-order valence-corrected chi connectivity index (χ4v) is 3.73. The van der Waals surface area contributed by atoms with E-state index in [4.69, 9.17) is 0 Å². The third kappa shape index (κ3) is 6.21. The Labute approximate surface area is 204 Å². The Hall–Kier alpha value is -2.63. The molecule has 0 spiro atoms. The maximum absolute atomic E-state index is 4.64. The van der Waals surface area contributed by atoms with Gasteiger partial charge < -0.3 is 9.80 Å². The number of aromatic nitrogens is 3. The van der Waals surface area contributed by atoms with Gasteiger partial charge in [0.25, 0.3) is 0 Å². The minimum Gasteiger partial charge on any atom is -0.338 e. The van der Waals surface area contributed by atoms with Gasteiger partial charge in [-0.2, -0.15) is 15.0 Å². The van der Waals surface area contributed by atoms with E-state index < -0.39 is 0 Å². The standard InChI is InChI=1S/C21H25Br2N9/c1-2-31-11-13-32(14-12-31)21-25-19(29-27-17-7-3-15(22)4-8-17)24-20(26-21)30-28-18-9-5-16(23)6-10-18/h3-10,27-28H,2,11-14H2,1H3,(H2,24,25,26,29,30). The molecule has 9 nitrogen and oxygen atoms in total. The van der Waals surface area contributed by atoms with E-state index in [1.54, 1.807) is 0 Å². The predicted octanol–water partition coefficient (Wildman–Crippen LogP) is 4.42. The summed E-state index contributed by atoms with van der Waals surface area (Å²) in [7, 11) is 0. The van der Waals surface area contributed by atoms with Gasteiger partial charge in [-0.15, -0.1) is 0 Å². The molecule has 2 aromatic carbocycles. The molecule has 1 aromatic heterocycles. The second-order valence-electron chi connectivity index (χ2n) is 7.22. The molecule has 168 valence electrons. The molecule has 0 amide bonds. The van der Waals surface area contributed by atoms with E-state index in [0.717, 1.165) is 53.0 Å². The number of likely N-dealkylation sites (N-methyl/N-ethyl adjacent to an activating group) is 1. The number of nitrogens with zero attached hydrogens (tertiary/aromatic N) is 5. The summed E-state index contributed by atoms with van der Waals surface area (Å²) in [6.07, 6.45) is 0. The fourth-order valence-electron chi connectivity index (χ4n) is 3.20. The first-order chi connectivity index (χ1) is 15.6. The highest BCUT2D eigenvalue weighted by Crippen LogP contribution is 2.19. The molecule has 0 bridgehead atoms. The first-order valence-corrected chi connectivity index (χ1v) is 12.0. The third-order valence-corrected chi connectivity index (χ3v) is 6.11. The van der Waals surface area contributed by atoms with Crippen LogP contribution in [0.2, 0.25) is 0 Å². The number of benzene rings is 2. The van der Waals surface area contributed by atoms with Crippen molar-refractivity contribution < 1.29 is 0 Å². The van der Waals surface area contributed by atoms with Crippen LogP contribution in [0.25, 0.3) is 0 Å². The molecule has 11 heteroatoms. The number of hydrogen-bond acceptors (Lipinski definition) is 9. The van der Waals surface area contributed by atoms with Crippen LogP contribution in [0, 0.1) is 0 Å². The summed E-state index contributed by atoms with van der Waals surface area (Å²) >= 11 is 6.89. The van der Waals surface area contributed by atoms with Crippen LogP contribution < -0.4 is 26.6 Å². The van der Waals surface area contributed by atoms with Crippen LogP contribution in [-0.4, -0.2) is 52.6 Å². The molecule has 4 N–H and O–H groups in total. The third-order valence-electron chi connectivity index (χ3n) is 5.05. The first kappa shape index (κ1) is 22.6. The zero-order valence-corrected chi connectivity index (χ0v) is 20.8.